The summed E-state index contributed by atoms with van der Waals surface area (Å²) in [5.41, 5.74) is 6.81. The lowest BCUT2D eigenvalue weighted by Gasteiger charge is -2.34. The summed E-state index contributed by atoms with van der Waals surface area (Å²) in [5.74, 6) is 0.794. The van der Waals surface area contributed by atoms with Crippen LogP contribution in [-0.4, -0.2) is 23.6 Å². The van der Waals surface area contributed by atoms with Crippen molar-refractivity contribution in [3.63, 3.8) is 0 Å². The van der Waals surface area contributed by atoms with Crippen LogP contribution in [-0.2, 0) is 6.42 Å². The molecule has 3 rings (SSSR count). The standard InChI is InChI=1S/C20H22N2OS/c1-14-6-4-7-18-8-5-9-22(19(14)18)16(3)13-24-20-15(2)10-17(12-23)11-21-20/h4,6-7,10-12H,3,5,8-9,13H2,1-2H3. The highest BCUT2D eigenvalue weighted by Gasteiger charge is 2.20. The topological polar surface area (TPSA) is 33.2 Å². The lowest BCUT2D eigenvalue weighted by atomic mass is 9.98. The Morgan fingerprint density at radius 3 is 2.96 bits per heavy atom. The molecule has 0 amide bonds. The first-order valence-electron chi connectivity index (χ1n) is 8.18. The maximum atomic E-state index is 10.8. The number of thioether (sulfide) groups is 1. The third-order valence-corrected chi connectivity index (χ3v) is 5.54. The summed E-state index contributed by atoms with van der Waals surface area (Å²) in [5, 5.41) is 0.962. The minimum Gasteiger partial charge on any atom is -0.344 e. The van der Waals surface area contributed by atoms with Crippen LogP contribution in [0.15, 0.2) is 47.8 Å². The first-order valence-corrected chi connectivity index (χ1v) is 9.17. The quantitative estimate of drug-likeness (QED) is 0.591. The fraction of sp³-hybridized carbons (Fsp3) is 0.300. The summed E-state index contributed by atoms with van der Waals surface area (Å²) < 4.78 is 0. The predicted octanol–water partition coefficient (Wildman–Crippen LogP) is 4.57. The van der Waals surface area contributed by atoms with Crippen molar-refractivity contribution >= 4 is 23.7 Å². The second kappa shape index (κ2) is 7.22. The molecule has 4 heteroatoms. The lowest BCUT2D eigenvalue weighted by Crippen LogP contribution is -2.30. The third-order valence-electron chi connectivity index (χ3n) is 4.36. The van der Waals surface area contributed by atoms with E-state index in [2.05, 4.69) is 41.6 Å². The highest BCUT2D eigenvalue weighted by molar-refractivity contribution is 7.99. The minimum atomic E-state index is 0.622. The molecular formula is C20H22N2OS. The smallest absolute Gasteiger partial charge is 0.151 e. The third kappa shape index (κ3) is 3.39. The number of aldehydes is 1. The van der Waals surface area contributed by atoms with E-state index in [4.69, 9.17) is 0 Å². The summed E-state index contributed by atoms with van der Waals surface area (Å²) in [7, 11) is 0. The number of fused-ring (bicyclic) bond motifs is 1. The maximum Gasteiger partial charge on any atom is 0.151 e. The number of nitrogens with zero attached hydrogens (tertiary/aromatic N) is 2. The Balaban J connectivity index is 1.74. The zero-order valence-corrected chi connectivity index (χ0v) is 15.0. The Morgan fingerprint density at radius 1 is 1.38 bits per heavy atom. The molecule has 2 heterocycles. The van der Waals surface area contributed by atoms with E-state index < -0.39 is 0 Å². The number of aromatic nitrogens is 1. The van der Waals surface area contributed by atoms with Crippen molar-refractivity contribution in [2.75, 3.05) is 17.2 Å². The molecule has 124 valence electrons. The molecule has 0 unspecified atom stereocenters. The van der Waals surface area contributed by atoms with Crippen LogP contribution >= 0.6 is 11.8 Å². The molecule has 1 aromatic heterocycles. The number of rotatable bonds is 5. The molecule has 0 atom stereocenters. The van der Waals surface area contributed by atoms with Gasteiger partial charge in [0, 0.05) is 35.4 Å². The molecule has 0 spiro atoms. The van der Waals surface area contributed by atoms with E-state index in [1.165, 1.54) is 16.8 Å². The molecule has 0 aliphatic carbocycles. The molecule has 24 heavy (non-hydrogen) atoms. The van der Waals surface area contributed by atoms with Crippen LogP contribution in [0.1, 0.15) is 33.5 Å². The van der Waals surface area contributed by atoms with Gasteiger partial charge in [0.15, 0.2) is 6.29 Å². The molecule has 2 aromatic rings. The Hall–Kier alpha value is -2.07. The highest BCUT2D eigenvalue weighted by atomic mass is 32.2. The van der Waals surface area contributed by atoms with Gasteiger partial charge in [0.05, 0.1) is 5.03 Å². The number of carbonyl (C=O) groups excluding carboxylic acids is 1. The van der Waals surface area contributed by atoms with Crippen LogP contribution in [0.3, 0.4) is 0 Å². The van der Waals surface area contributed by atoms with Gasteiger partial charge in [0.2, 0.25) is 0 Å². The van der Waals surface area contributed by atoms with E-state index in [0.29, 0.717) is 5.56 Å². The molecule has 0 saturated carbocycles. The number of anilines is 1. The van der Waals surface area contributed by atoms with Gasteiger partial charge in [-0.2, -0.15) is 0 Å². The fourth-order valence-corrected chi connectivity index (χ4v) is 4.07. The summed E-state index contributed by atoms with van der Waals surface area (Å²) >= 11 is 1.68. The molecule has 0 radical (unpaired) electrons. The van der Waals surface area contributed by atoms with Gasteiger partial charge in [-0.15, -0.1) is 0 Å². The van der Waals surface area contributed by atoms with Crippen LogP contribution in [0.5, 0.6) is 0 Å². The zero-order valence-electron chi connectivity index (χ0n) is 14.2. The lowest BCUT2D eigenvalue weighted by molar-refractivity contribution is 0.112. The van der Waals surface area contributed by atoms with Gasteiger partial charge in [-0.05, 0) is 49.4 Å². The van der Waals surface area contributed by atoms with Crippen LogP contribution in [0, 0.1) is 13.8 Å². The highest BCUT2D eigenvalue weighted by Crippen LogP contribution is 2.34. The number of benzene rings is 1. The van der Waals surface area contributed by atoms with E-state index in [1.807, 2.05) is 13.0 Å². The number of hydrogen-bond donors (Lipinski definition) is 0. The molecule has 0 N–H and O–H groups in total. The van der Waals surface area contributed by atoms with Crippen molar-refractivity contribution < 1.29 is 4.79 Å². The first kappa shape index (κ1) is 16.8. The van der Waals surface area contributed by atoms with Crippen molar-refractivity contribution in [2.45, 2.75) is 31.7 Å². The SMILES string of the molecule is C=C(CSc1ncc(C=O)cc1C)N1CCCc2cccc(C)c21. The molecule has 1 aliphatic heterocycles. The number of para-hydroxylation sites is 1. The van der Waals surface area contributed by atoms with Crippen LogP contribution < -0.4 is 4.90 Å². The van der Waals surface area contributed by atoms with Gasteiger partial charge >= 0.3 is 0 Å². The Morgan fingerprint density at radius 2 is 2.21 bits per heavy atom. The monoisotopic (exact) mass is 338 g/mol. The first-order chi connectivity index (χ1) is 11.6. The zero-order chi connectivity index (χ0) is 17.1. The Labute approximate surface area is 147 Å². The summed E-state index contributed by atoms with van der Waals surface area (Å²) in [6, 6.07) is 8.41. The fourth-order valence-electron chi connectivity index (χ4n) is 3.19. The van der Waals surface area contributed by atoms with Gasteiger partial charge in [0.25, 0.3) is 0 Å². The van der Waals surface area contributed by atoms with Crippen molar-refractivity contribution in [1.82, 2.24) is 4.98 Å². The molecule has 1 aromatic carbocycles. The van der Waals surface area contributed by atoms with Crippen LogP contribution in [0.2, 0.25) is 0 Å². The van der Waals surface area contributed by atoms with Crippen molar-refractivity contribution in [2.24, 2.45) is 0 Å². The molecule has 1 aliphatic rings. The molecule has 3 nitrogen and oxygen atoms in total. The van der Waals surface area contributed by atoms with Crippen LogP contribution in [0.25, 0.3) is 0 Å². The van der Waals surface area contributed by atoms with E-state index in [9.17, 15) is 4.79 Å². The minimum absolute atomic E-state index is 0.622. The number of pyridine rings is 1. The number of hydrogen-bond acceptors (Lipinski definition) is 4. The van der Waals surface area contributed by atoms with E-state index in [-0.39, 0.29) is 0 Å². The molecule has 0 bridgehead atoms. The van der Waals surface area contributed by atoms with Crippen molar-refractivity contribution in [3.05, 3.63) is 65.0 Å². The Bertz CT molecular complexity index is 785. The summed E-state index contributed by atoms with van der Waals surface area (Å²) in [6.45, 7) is 9.50. The summed E-state index contributed by atoms with van der Waals surface area (Å²) in [4.78, 5) is 17.6. The van der Waals surface area contributed by atoms with E-state index >= 15 is 0 Å². The molecule has 0 saturated heterocycles. The number of carbonyl (C=O) groups is 1. The average Bonchev–Trinajstić information content (AvgIpc) is 2.60. The van der Waals surface area contributed by atoms with Crippen LogP contribution in [0.4, 0.5) is 5.69 Å². The largest absolute Gasteiger partial charge is 0.344 e. The normalized spacial score (nSPS) is 13.5. The second-order valence-corrected chi connectivity index (χ2v) is 7.17. The van der Waals surface area contributed by atoms with Gasteiger partial charge < -0.3 is 4.90 Å². The number of aryl methyl sites for hydroxylation is 3. The van der Waals surface area contributed by atoms with E-state index in [0.717, 1.165) is 47.7 Å². The Kier molecular flexibility index (Phi) is 5.05. The average molecular weight is 338 g/mol. The molecule has 0 fully saturated rings. The van der Waals surface area contributed by atoms with Crippen molar-refractivity contribution in [1.29, 1.82) is 0 Å². The van der Waals surface area contributed by atoms with Crippen molar-refractivity contribution in [3.8, 4) is 0 Å². The predicted molar refractivity (Wildman–Crippen MR) is 101 cm³/mol. The van der Waals surface area contributed by atoms with Gasteiger partial charge in [-0.1, -0.05) is 36.5 Å². The van der Waals surface area contributed by atoms with Gasteiger partial charge in [0.1, 0.15) is 0 Å². The maximum absolute atomic E-state index is 10.8. The second-order valence-electron chi connectivity index (χ2n) is 6.20. The molecular weight excluding hydrogens is 316 g/mol. The van der Waals surface area contributed by atoms with E-state index in [1.54, 1.807) is 18.0 Å². The van der Waals surface area contributed by atoms with Gasteiger partial charge in [-0.25, -0.2) is 4.98 Å². The van der Waals surface area contributed by atoms with Gasteiger partial charge in [-0.3, -0.25) is 4.79 Å². The summed E-state index contributed by atoms with van der Waals surface area (Å²) in [6.07, 6.45) is 4.76.